The van der Waals surface area contributed by atoms with Crippen molar-refractivity contribution in [3.8, 4) is 11.8 Å². The second-order valence-corrected chi connectivity index (χ2v) is 4.64. The van der Waals surface area contributed by atoms with E-state index in [0.29, 0.717) is 10.6 Å². The molecule has 1 N–H and O–H groups in total. The van der Waals surface area contributed by atoms with E-state index in [9.17, 15) is 5.11 Å². The Balaban J connectivity index is 2.66. The summed E-state index contributed by atoms with van der Waals surface area (Å²) in [5.41, 5.74) is 4.09. The van der Waals surface area contributed by atoms with Crippen molar-refractivity contribution in [2.75, 3.05) is 0 Å². The molecule has 1 aliphatic rings. The summed E-state index contributed by atoms with van der Waals surface area (Å²) >= 11 is 6.16. The molecule has 84 valence electrons. The highest BCUT2D eigenvalue weighted by molar-refractivity contribution is 6.33. The van der Waals surface area contributed by atoms with Crippen molar-refractivity contribution < 1.29 is 5.11 Å². The van der Waals surface area contributed by atoms with Gasteiger partial charge in [0, 0.05) is 5.56 Å². The predicted octanol–water partition coefficient (Wildman–Crippen LogP) is 3.30. The molecule has 0 atom stereocenters. The van der Waals surface area contributed by atoms with Gasteiger partial charge in [0.25, 0.3) is 0 Å². The summed E-state index contributed by atoms with van der Waals surface area (Å²) in [5.74, 6) is 0.112. The van der Waals surface area contributed by atoms with Crippen molar-refractivity contribution in [1.29, 1.82) is 5.26 Å². The third-order valence-electron chi connectivity index (χ3n) is 3.39. The Labute approximate surface area is 100 Å². The lowest BCUT2D eigenvalue weighted by molar-refractivity contribution is 0.467. The van der Waals surface area contributed by atoms with E-state index >= 15 is 0 Å². The van der Waals surface area contributed by atoms with Crippen LogP contribution in [0.1, 0.15) is 35.1 Å². The van der Waals surface area contributed by atoms with Gasteiger partial charge in [0.05, 0.1) is 17.5 Å². The number of phenolic OH excluding ortho intramolecular Hbond substituents is 1. The van der Waals surface area contributed by atoms with Crippen molar-refractivity contribution in [1.82, 2.24) is 0 Å². The van der Waals surface area contributed by atoms with Crippen LogP contribution in [0.25, 0.3) is 0 Å². The standard InChI is InChI=1S/C13H14ClNO/c1-8-9-4-2-3-5-11(9)12(14)13(16)10(8)6-7-15/h16H,2-6H2,1H3. The van der Waals surface area contributed by atoms with E-state index in [-0.39, 0.29) is 12.2 Å². The zero-order valence-corrected chi connectivity index (χ0v) is 10.1. The molecule has 3 heteroatoms. The molecule has 0 heterocycles. The molecule has 0 unspecified atom stereocenters. The number of aromatic hydroxyl groups is 1. The fourth-order valence-corrected chi connectivity index (χ4v) is 2.81. The number of nitrogens with zero attached hydrogens (tertiary/aromatic N) is 1. The molecule has 0 spiro atoms. The molecule has 16 heavy (non-hydrogen) atoms. The van der Waals surface area contributed by atoms with Crippen LogP contribution in [0, 0.1) is 18.3 Å². The molecule has 0 aromatic heterocycles. The minimum atomic E-state index is 0.112. The topological polar surface area (TPSA) is 44.0 Å². The van der Waals surface area contributed by atoms with Gasteiger partial charge in [-0.1, -0.05) is 11.6 Å². The normalized spacial score (nSPS) is 14.3. The molecule has 2 nitrogen and oxygen atoms in total. The summed E-state index contributed by atoms with van der Waals surface area (Å²) in [6.45, 7) is 1.98. The van der Waals surface area contributed by atoms with Crippen molar-refractivity contribution >= 4 is 11.6 Å². The van der Waals surface area contributed by atoms with Gasteiger partial charge in [-0.3, -0.25) is 0 Å². The predicted molar refractivity (Wildman–Crippen MR) is 63.8 cm³/mol. The molecule has 0 fully saturated rings. The summed E-state index contributed by atoms with van der Waals surface area (Å²) < 4.78 is 0. The average molecular weight is 236 g/mol. The van der Waals surface area contributed by atoms with Crippen LogP contribution >= 0.6 is 11.6 Å². The van der Waals surface area contributed by atoms with Gasteiger partial charge in [0.2, 0.25) is 0 Å². The van der Waals surface area contributed by atoms with Gasteiger partial charge in [-0.25, -0.2) is 0 Å². The molecule has 0 bridgehead atoms. The number of hydrogen-bond acceptors (Lipinski definition) is 2. The van der Waals surface area contributed by atoms with Gasteiger partial charge in [-0.15, -0.1) is 0 Å². The highest BCUT2D eigenvalue weighted by atomic mass is 35.5. The third kappa shape index (κ3) is 1.66. The Morgan fingerprint density at radius 1 is 1.31 bits per heavy atom. The number of benzene rings is 1. The number of phenols is 1. The van der Waals surface area contributed by atoms with E-state index in [1.54, 1.807) is 0 Å². The van der Waals surface area contributed by atoms with Crippen LogP contribution in [-0.2, 0) is 19.3 Å². The Morgan fingerprint density at radius 2 is 1.94 bits per heavy atom. The first-order valence-electron chi connectivity index (χ1n) is 5.55. The van der Waals surface area contributed by atoms with Crippen LogP contribution in [0.3, 0.4) is 0 Å². The SMILES string of the molecule is Cc1c(CC#N)c(O)c(Cl)c2c1CCCC2. The van der Waals surface area contributed by atoms with Crippen LogP contribution in [0.4, 0.5) is 0 Å². The number of rotatable bonds is 1. The Bertz CT molecular complexity index is 474. The van der Waals surface area contributed by atoms with E-state index in [4.69, 9.17) is 16.9 Å². The van der Waals surface area contributed by atoms with Gasteiger partial charge in [-0.05, 0) is 49.3 Å². The second-order valence-electron chi connectivity index (χ2n) is 4.27. The van der Waals surface area contributed by atoms with E-state index in [2.05, 4.69) is 6.07 Å². The molecular formula is C13H14ClNO. The fourth-order valence-electron chi connectivity index (χ4n) is 2.49. The van der Waals surface area contributed by atoms with Gasteiger partial charge in [0.1, 0.15) is 5.75 Å². The van der Waals surface area contributed by atoms with Crippen LogP contribution in [0.5, 0.6) is 5.75 Å². The van der Waals surface area contributed by atoms with Crippen LogP contribution in [-0.4, -0.2) is 5.11 Å². The van der Waals surface area contributed by atoms with Crippen LogP contribution < -0.4 is 0 Å². The maximum absolute atomic E-state index is 9.98. The van der Waals surface area contributed by atoms with E-state index in [1.807, 2.05) is 6.92 Å². The minimum absolute atomic E-state index is 0.112. The maximum atomic E-state index is 9.98. The number of halogens is 1. The lowest BCUT2D eigenvalue weighted by atomic mass is 9.85. The lowest BCUT2D eigenvalue weighted by Gasteiger charge is -2.22. The number of nitriles is 1. The summed E-state index contributed by atoms with van der Waals surface area (Å²) in [7, 11) is 0. The van der Waals surface area contributed by atoms with Gasteiger partial charge < -0.3 is 5.11 Å². The highest BCUT2D eigenvalue weighted by Crippen LogP contribution is 2.40. The van der Waals surface area contributed by atoms with Crippen LogP contribution in [0.15, 0.2) is 0 Å². The minimum Gasteiger partial charge on any atom is -0.506 e. The molecule has 1 aromatic carbocycles. The Hall–Kier alpha value is -1.20. The number of fused-ring (bicyclic) bond motifs is 1. The van der Waals surface area contributed by atoms with E-state index in [1.165, 1.54) is 12.0 Å². The van der Waals surface area contributed by atoms with Gasteiger partial charge in [0.15, 0.2) is 0 Å². The fraction of sp³-hybridized carbons (Fsp3) is 0.462. The van der Waals surface area contributed by atoms with E-state index < -0.39 is 0 Å². The molecule has 1 aliphatic carbocycles. The molecule has 0 saturated heterocycles. The average Bonchev–Trinajstić information content (AvgIpc) is 2.32. The van der Waals surface area contributed by atoms with Crippen molar-refractivity contribution in [3.05, 3.63) is 27.3 Å². The lowest BCUT2D eigenvalue weighted by Crippen LogP contribution is -2.08. The highest BCUT2D eigenvalue weighted by Gasteiger charge is 2.21. The number of hydrogen-bond donors (Lipinski definition) is 1. The summed E-state index contributed by atoms with van der Waals surface area (Å²) in [6.07, 6.45) is 4.48. The molecule has 0 saturated carbocycles. The zero-order chi connectivity index (χ0) is 11.7. The molecule has 0 aliphatic heterocycles. The molecular weight excluding hydrogens is 222 g/mol. The molecule has 0 radical (unpaired) electrons. The molecule has 2 rings (SSSR count). The van der Waals surface area contributed by atoms with Crippen molar-refractivity contribution in [2.24, 2.45) is 0 Å². The summed E-state index contributed by atoms with van der Waals surface area (Å²) in [5, 5.41) is 19.2. The summed E-state index contributed by atoms with van der Waals surface area (Å²) in [4.78, 5) is 0. The first-order valence-corrected chi connectivity index (χ1v) is 5.93. The monoisotopic (exact) mass is 235 g/mol. The van der Waals surface area contributed by atoms with Gasteiger partial charge in [-0.2, -0.15) is 5.26 Å². The quantitative estimate of drug-likeness (QED) is 0.812. The zero-order valence-electron chi connectivity index (χ0n) is 9.31. The first kappa shape index (κ1) is 11.3. The van der Waals surface area contributed by atoms with E-state index in [0.717, 1.165) is 30.4 Å². The largest absolute Gasteiger partial charge is 0.506 e. The Morgan fingerprint density at radius 3 is 2.56 bits per heavy atom. The third-order valence-corrected chi connectivity index (χ3v) is 3.79. The first-order chi connectivity index (χ1) is 7.66. The van der Waals surface area contributed by atoms with Crippen molar-refractivity contribution in [2.45, 2.75) is 39.0 Å². The Kier molecular flexibility index (Phi) is 3.07. The second kappa shape index (κ2) is 4.35. The smallest absolute Gasteiger partial charge is 0.138 e. The summed E-state index contributed by atoms with van der Waals surface area (Å²) in [6, 6.07) is 2.08. The van der Waals surface area contributed by atoms with Gasteiger partial charge >= 0.3 is 0 Å². The van der Waals surface area contributed by atoms with Crippen molar-refractivity contribution in [3.63, 3.8) is 0 Å². The molecule has 1 aromatic rings. The molecule has 0 amide bonds. The van der Waals surface area contributed by atoms with Crippen LogP contribution in [0.2, 0.25) is 5.02 Å². The maximum Gasteiger partial charge on any atom is 0.138 e.